The van der Waals surface area contributed by atoms with E-state index in [0.717, 1.165) is 11.8 Å². The van der Waals surface area contributed by atoms with Crippen molar-refractivity contribution in [2.24, 2.45) is 0 Å². The third kappa shape index (κ3) is 4.96. The topological polar surface area (TPSA) is 43.4 Å². The number of rotatable bonds is 4. The lowest BCUT2D eigenvalue weighted by molar-refractivity contribution is -0.140. The van der Waals surface area contributed by atoms with Crippen LogP contribution in [0.1, 0.15) is 13.3 Å². The molecule has 0 saturated carbocycles. The first-order valence-electron chi connectivity index (χ1n) is 3.47. The molecule has 0 amide bonds. The van der Waals surface area contributed by atoms with Gasteiger partial charge in [-0.15, -0.1) is 0 Å². The van der Waals surface area contributed by atoms with E-state index in [1.807, 2.05) is 0 Å². The van der Waals surface area contributed by atoms with Crippen LogP contribution in [0.3, 0.4) is 0 Å². The fourth-order valence-electron chi connectivity index (χ4n) is 0.452. The Balaban J connectivity index is 3.50. The van der Waals surface area contributed by atoms with Gasteiger partial charge in [-0.25, -0.2) is 0 Å². The fourth-order valence-corrected chi connectivity index (χ4v) is 1.15. The Labute approximate surface area is 76.2 Å². The molecular weight excluding hydrogens is 176 g/mol. The Morgan fingerprint density at radius 1 is 1.50 bits per heavy atom. The maximum Gasteiger partial charge on any atom is 0.306 e. The van der Waals surface area contributed by atoms with E-state index in [2.05, 4.69) is 11.3 Å². The fraction of sp³-hybridized carbons (Fsp3) is 0.500. The summed E-state index contributed by atoms with van der Waals surface area (Å²) in [5.74, 6) is 0.162. The van der Waals surface area contributed by atoms with Gasteiger partial charge in [0.25, 0.3) is 0 Å². The van der Waals surface area contributed by atoms with Gasteiger partial charge in [-0.05, 0) is 12.5 Å². The third-order valence-corrected chi connectivity index (χ3v) is 2.13. The molecule has 0 aromatic carbocycles. The summed E-state index contributed by atoms with van der Waals surface area (Å²) in [5.41, 5.74) is 0.505. The zero-order valence-corrected chi connectivity index (χ0v) is 8.07. The van der Waals surface area contributed by atoms with Crippen molar-refractivity contribution in [1.29, 1.82) is 0 Å². The van der Waals surface area contributed by atoms with Crippen molar-refractivity contribution in [1.82, 2.24) is 0 Å². The molecule has 3 nitrogen and oxygen atoms in total. The van der Waals surface area contributed by atoms with Crippen molar-refractivity contribution in [3.63, 3.8) is 0 Å². The highest BCUT2D eigenvalue weighted by molar-refractivity contribution is 8.14. The van der Waals surface area contributed by atoms with Crippen molar-refractivity contribution in [2.45, 2.75) is 13.3 Å². The molecule has 0 aromatic heterocycles. The quantitative estimate of drug-likeness (QED) is 0.494. The molecule has 0 atom stereocenters. The van der Waals surface area contributed by atoms with Gasteiger partial charge in [-0.2, -0.15) is 0 Å². The number of esters is 1. The maximum atomic E-state index is 10.9. The Morgan fingerprint density at radius 3 is 2.50 bits per heavy atom. The van der Waals surface area contributed by atoms with Crippen LogP contribution in [0.5, 0.6) is 0 Å². The van der Waals surface area contributed by atoms with Gasteiger partial charge in [-0.3, -0.25) is 9.59 Å². The molecule has 0 unspecified atom stereocenters. The average molecular weight is 188 g/mol. The second kappa shape index (κ2) is 5.83. The summed E-state index contributed by atoms with van der Waals surface area (Å²) in [7, 11) is 1.33. The molecule has 0 bridgehead atoms. The van der Waals surface area contributed by atoms with Crippen LogP contribution < -0.4 is 0 Å². The summed E-state index contributed by atoms with van der Waals surface area (Å²) in [5, 5.41) is -0.0705. The smallest absolute Gasteiger partial charge is 0.306 e. The molecule has 0 fully saturated rings. The second-order valence-corrected chi connectivity index (χ2v) is 3.31. The molecule has 68 valence electrons. The van der Waals surface area contributed by atoms with E-state index in [1.165, 1.54) is 7.11 Å². The van der Waals surface area contributed by atoms with Gasteiger partial charge in [0.2, 0.25) is 5.12 Å². The van der Waals surface area contributed by atoms with Crippen LogP contribution in [-0.2, 0) is 14.3 Å². The van der Waals surface area contributed by atoms with Crippen LogP contribution in [0.4, 0.5) is 0 Å². The van der Waals surface area contributed by atoms with Crippen LogP contribution in [0.2, 0.25) is 0 Å². The van der Waals surface area contributed by atoms with Gasteiger partial charge in [0, 0.05) is 5.75 Å². The van der Waals surface area contributed by atoms with Gasteiger partial charge in [0.05, 0.1) is 13.5 Å². The van der Waals surface area contributed by atoms with Gasteiger partial charge >= 0.3 is 5.97 Å². The van der Waals surface area contributed by atoms with E-state index in [1.54, 1.807) is 6.92 Å². The number of hydrogen-bond acceptors (Lipinski definition) is 4. The minimum Gasteiger partial charge on any atom is -0.469 e. The summed E-state index contributed by atoms with van der Waals surface area (Å²) in [6.07, 6.45) is 0.264. The molecule has 12 heavy (non-hydrogen) atoms. The number of hydrogen-bond donors (Lipinski definition) is 0. The van der Waals surface area contributed by atoms with Crippen LogP contribution in [0, 0.1) is 0 Å². The SMILES string of the molecule is C=C(C)C(=O)SCCC(=O)OC. The lowest BCUT2D eigenvalue weighted by Crippen LogP contribution is -2.03. The first-order valence-corrected chi connectivity index (χ1v) is 4.46. The highest BCUT2D eigenvalue weighted by atomic mass is 32.2. The molecule has 0 heterocycles. The molecule has 0 N–H and O–H groups in total. The van der Waals surface area contributed by atoms with E-state index in [-0.39, 0.29) is 17.5 Å². The largest absolute Gasteiger partial charge is 0.469 e. The van der Waals surface area contributed by atoms with E-state index < -0.39 is 0 Å². The van der Waals surface area contributed by atoms with E-state index in [9.17, 15) is 9.59 Å². The van der Waals surface area contributed by atoms with Gasteiger partial charge in [-0.1, -0.05) is 18.3 Å². The normalized spacial score (nSPS) is 9.17. The van der Waals surface area contributed by atoms with E-state index >= 15 is 0 Å². The number of ether oxygens (including phenoxy) is 1. The highest BCUT2D eigenvalue weighted by Gasteiger charge is 2.05. The Bertz CT molecular complexity index is 198. The summed E-state index contributed by atoms with van der Waals surface area (Å²) in [6, 6.07) is 0. The first-order chi connectivity index (χ1) is 5.57. The van der Waals surface area contributed by atoms with Gasteiger partial charge in [0.1, 0.15) is 0 Å². The summed E-state index contributed by atoms with van der Waals surface area (Å²) >= 11 is 1.09. The summed E-state index contributed by atoms with van der Waals surface area (Å²) in [6.45, 7) is 5.13. The van der Waals surface area contributed by atoms with Crippen LogP contribution in [-0.4, -0.2) is 23.9 Å². The van der Waals surface area contributed by atoms with Crippen molar-refractivity contribution >= 4 is 22.8 Å². The number of thioether (sulfide) groups is 1. The zero-order chi connectivity index (χ0) is 9.56. The Morgan fingerprint density at radius 2 is 2.08 bits per heavy atom. The predicted octanol–water partition coefficient (Wildman–Crippen LogP) is 1.39. The second-order valence-electron chi connectivity index (χ2n) is 2.24. The Kier molecular flexibility index (Phi) is 5.45. The average Bonchev–Trinajstić information content (AvgIpc) is 2.03. The molecule has 0 radical (unpaired) electrons. The number of methoxy groups -OCH3 is 1. The maximum absolute atomic E-state index is 10.9. The first kappa shape index (κ1) is 11.2. The van der Waals surface area contributed by atoms with Crippen LogP contribution in [0.15, 0.2) is 12.2 Å². The van der Waals surface area contributed by atoms with E-state index in [4.69, 9.17) is 0 Å². The van der Waals surface area contributed by atoms with Gasteiger partial charge < -0.3 is 4.74 Å². The van der Waals surface area contributed by atoms with E-state index in [0.29, 0.717) is 11.3 Å². The number of carbonyl (C=O) groups excluding carboxylic acids is 2. The van der Waals surface area contributed by atoms with Crippen molar-refractivity contribution in [3.05, 3.63) is 12.2 Å². The third-order valence-electron chi connectivity index (χ3n) is 1.12. The molecule has 0 spiro atoms. The number of carbonyl (C=O) groups is 2. The van der Waals surface area contributed by atoms with Crippen molar-refractivity contribution in [2.75, 3.05) is 12.9 Å². The molecule has 0 aliphatic carbocycles. The summed E-state index contributed by atoms with van der Waals surface area (Å²) in [4.78, 5) is 21.5. The molecule has 0 aromatic rings. The van der Waals surface area contributed by atoms with Crippen LogP contribution >= 0.6 is 11.8 Å². The lowest BCUT2D eigenvalue weighted by Gasteiger charge is -1.98. The van der Waals surface area contributed by atoms with Gasteiger partial charge in [0.15, 0.2) is 0 Å². The lowest BCUT2D eigenvalue weighted by atomic mass is 10.4. The highest BCUT2D eigenvalue weighted by Crippen LogP contribution is 2.09. The molecule has 0 rings (SSSR count). The Hall–Kier alpha value is -0.770. The molecular formula is C8H12O3S. The molecule has 0 aliphatic heterocycles. The molecule has 0 aliphatic rings. The van der Waals surface area contributed by atoms with Crippen LogP contribution in [0.25, 0.3) is 0 Å². The van der Waals surface area contributed by atoms with Crippen molar-refractivity contribution < 1.29 is 14.3 Å². The minimum atomic E-state index is -0.294. The molecule has 0 saturated heterocycles. The van der Waals surface area contributed by atoms with Crippen molar-refractivity contribution in [3.8, 4) is 0 Å². The standard InChI is InChI=1S/C8H12O3S/c1-6(2)8(10)12-5-4-7(9)11-3/h1,4-5H2,2-3H3. The molecule has 4 heteroatoms. The monoisotopic (exact) mass is 188 g/mol. The minimum absolute atomic E-state index is 0.0705. The summed E-state index contributed by atoms with van der Waals surface area (Å²) < 4.78 is 4.41. The zero-order valence-electron chi connectivity index (χ0n) is 7.25. The predicted molar refractivity (Wildman–Crippen MR) is 48.9 cm³/mol.